The lowest BCUT2D eigenvalue weighted by atomic mass is 10.1. The lowest BCUT2D eigenvalue weighted by Crippen LogP contribution is -2.13. The van der Waals surface area contributed by atoms with E-state index in [1.807, 2.05) is 26.8 Å². The first-order chi connectivity index (χ1) is 10.9. The number of aromatic hydroxyl groups is 1. The fourth-order valence-corrected chi connectivity index (χ4v) is 3.78. The summed E-state index contributed by atoms with van der Waals surface area (Å²) in [5.41, 5.74) is 1.33. The van der Waals surface area contributed by atoms with Gasteiger partial charge in [-0.3, -0.25) is 14.6 Å². The zero-order valence-electron chi connectivity index (χ0n) is 13.5. The number of methoxy groups -OCH3 is 1. The van der Waals surface area contributed by atoms with Crippen molar-refractivity contribution in [1.82, 2.24) is 9.78 Å². The first-order valence-corrected chi connectivity index (χ1v) is 8.23. The molecule has 1 aliphatic rings. The molecule has 1 unspecified atom stereocenters. The van der Waals surface area contributed by atoms with Crippen LogP contribution in [-0.4, -0.2) is 27.0 Å². The third kappa shape index (κ3) is 2.65. The monoisotopic (exact) mass is 333 g/mol. The zero-order chi connectivity index (χ0) is 16.7. The molecule has 0 spiro atoms. The largest absolute Gasteiger partial charge is 0.504 e. The minimum Gasteiger partial charge on any atom is -0.504 e. The summed E-state index contributed by atoms with van der Waals surface area (Å²) in [4.78, 5) is 17.0. The van der Waals surface area contributed by atoms with E-state index >= 15 is 0 Å². The number of ether oxygens (including phenoxy) is 1. The highest BCUT2D eigenvalue weighted by atomic mass is 32.2. The summed E-state index contributed by atoms with van der Waals surface area (Å²) in [6.07, 6.45) is 0. The summed E-state index contributed by atoms with van der Waals surface area (Å²) in [6.45, 7) is 5.92. The second kappa shape index (κ2) is 5.81. The van der Waals surface area contributed by atoms with E-state index in [-0.39, 0.29) is 22.6 Å². The van der Waals surface area contributed by atoms with Crippen LogP contribution in [0.2, 0.25) is 0 Å². The molecule has 1 aliphatic heterocycles. The van der Waals surface area contributed by atoms with E-state index in [9.17, 15) is 9.90 Å². The number of aromatic nitrogens is 2. The van der Waals surface area contributed by atoms with Gasteiger partial charge in [-0.15, -0.1) is 0 Å². The van der Waals surface area contributed by atoms with E-state index in [1.165, 1.54) is 18.9 Å². The number of rotatable bonds is 3. The Hall–Kier alpha value is -2.15. The zero-order valence-corrected chi connectivity index (χ0v) is 14.3. The van der Waals surface area contributed by atoms with Gasteiger partial charge in [-0.25, -0.2) is 4.99 Å². The normalized spacial score (nSPS) is 17.1. The fourth-order valence-electron chi connectivity index (χ4n) is 2.69. The van der Waals surface area contributed by atoms with Crippen LogP contribution in [0.3, 0.4) is 0 Å². The highest BCUT2D eigenvalue weighted by Gasteiger charge is 2.31. The third-order valence-electron chi connectivity index (χ3n) is 3.77. The number of aliphatic imine (C=N–C) groups is 1. The number of nitrogens with zero attached hydrogens (tertiary/aromatic N) is 2. The van der Waals surface area contributed by atoms with Crippen molar-refractivity contribution >= 4 is 22.6 Å². The Morgan fingerprint density at radius 1 is 1.43 bits per heavy atom. The molecule has 7 heteroatoms. The standard InChI is InChI=1S/C16H19N3O3S/c1-8(2)19-15-13(16(21)18-19)14(23-9(3)17-15)10-5-6-12(22-4)11(20)7-10/h5-8,14,20H,1-4H3,(H,18,21). The molecule has 122 valence electrons. The van der Waals surface area contributed by atoms with Gasteiger partial charge in [-0.05, 0) is 38.5 Å². The maximum atomic E-state index is 12.4. The van der Waals surface area contributed by atoms with E-state index in [0.717, 1.165) is 10.6 Å². The Morgan fingerprint density at radius 3 is 2.78 bits per heavy atom. The molecule has 0 radical (unpaired) electrons. The highest BCUT2D eigenvalue weighted by Crippen LogP contribution is 2.45. The maximum absolute atomic E-state index is 12.4. The lowest BCUT2D eigenvalue weighted by Gasteiger charge is -2.22. The number of hydrogen-bond donors (Lipinski definition) is 2. The smallest absolute Gasteiger partial charge is 0.271 e. The molecule has 0 fully saturated rings. The van der Waals surface area contributed by atoms with Gasteiger partial charge in [0.05, 0.1) is 23.0 Å². The Labute approximate surface area is 138 Å². The van der Waals surface area contributed by atoms with Gasteiger partial charge in [-0.1, -0.05) is 17.8 Å². The van der Waals surface area contributed by atoms with Crippen molar-refractivity contribution < 1.29 is 9.84 Å². The molecule has 2 N–H and O–H groups in total. The molecular formula is C16H19N3O3S. The van der Waals surface area contributed by atoms with Crippen molar-refractivity contribution in [2.75, 3.05) is 7.11 Å². The summed E-state index contributed by atoms with van der Waals surface area (Å²) >= 11 is 1.51. The summed E-state index contributed by atoms with van der Waals surface area (Å²) in [5.74, 6) is 1.14. The average molecular weight is 333 g/mol. The quantitative estimate of drug-likeness (QED) is 0.902. The minimum atomic E-state index is -0.206. The summed E-state index contributed by atoms with van der Waals surface area (Å²) < 4.78 is 6.87. The molecular weight excluding hydrogens is 314 g/mol. The van der Waals surface area contributed by atoms with E-state index < -0.39 is 0 Å². The van der Waals surface area contributed by atoms with Crippen molar-refractivity contribution in [3.63, 3.8) is 0 Å². The van der Waals surface area contributed by atoms with Gasteiger partial charge >= 0.3 is 0 Å². The van der Waals surface area contributed by atoms with Gasteiger partial charge in [-0.2, -0.15) is 0 Å². The number of H-pyrrole nitrogens is 1. The third-order valence-corrected chi connectivity index (χ3v) is 4.95. The molecule has 6 nitrogen and oxygen atoms in total. The van der Waals surface area contributed by atoms with Crippen LogP contribution >= 0.6 is 11.8 Å². The summed E-state index contributed by atoms with van der Waals surface area (Å²) in [7, 11) is 1.51. The summed E-state index contributed by atoms with van der Waals surface area (Å²) in [6, 6.07) is 5.33. The van der Waals surface area contributed by atoms with Crippen molar-refractivity contribution in [3.05, 3.63) is 39.7 Å². The number of benzene rings is 1. The number of phenolic OH excluding ortho intramolecular Hbond substituents is 1. The number of nitrogens with one attached hydrogen (secondary N) is 1. The Morgan fingerprint density at radius 2 is 2.17 bits per heavy atom. The molecule has 2 heterocycles. The van der Waals surface area contributed by atoms with Crippen LogP contribution in [0.1, 0.15) is 43.2 Å². The lowest BCUT2D eigenvalue weighted by molar-refractivity contribution is 0.373. The molecule has 0 amide bonds. The first-order valence-electron chi connectivity index (χ1n) is 7.35. The number of thioether (sulfide) groups is 1. The molecule has 2 aromatic rings. The Bertz CT molecular complexity index is 836. The van der Waals surface area contributed by atoms with E-state index in [0.29, 0.717) is 17.1 Å². The van der Waals surface area contributed by atoms with E-state index in [4.69, 9.17) is 4.74 Å². The fraction of sp³-hybridized carbons (Fsp3) is 0.375. The molecule has 1 aromatic carbocycles. The minimum absolute atomic E-state index is 0.0621. The van der Waals surface area contributed by atoms with Gasteiger partial charge in [0.2, 0.25) is 0 Å². The predicted molar refractivity (Wildman–Crippen MR) is 92.3 cm³/mol. The molecule has 1 atom stereocenters. The first kappa shape index (κ1) is 15.7. The van der Waals surface area contributed by atoms with Gasteiger partial charge in [0.1, 0.15) is 0 Å². The highest BCUT2D eigenvalue weighted by molar-refractivity contribution is 8.14. The van der Waals surface area contributed by atoms with Crippen LogP contribution < -0.4 is 10.3 Å². The van der Waals surface area contributed by atoms with Gasteiger partial charge in [0.15, 0.2) is 17.3 Å². The van der Waals surface area contributed by atoms with Crippen LogP contribution in [0.4, 0.5) is 5.82 Å². The average Bonchev–Trinajstić information content (AvgIpc) is 2.83. The molecule has 0 bridgehead atoms. The topological polar surface area (TPSA) is 79.6 Å². The molecule has 1 aromatic heterocycles. The van der Waals surface area contributed by atoms with Crippen LogP contribution in [0, 0.1) is 0 Å². The Kier molecular flexibility index (Phi) is 3.97. The predicted octanol–water partition coefficient (Wildman–Crippen LogP) is 3.36. The number of fused-ring (bicyclic) bond motifs is 1. The Balaban J connectivity index is 2.15. The van der Waals surface area contributed by atoms with Crippen LogP contribution in [0.15, 0.2) is 28.0 Å². The van der Waals surface area contributed by atoms with Gasteiger partial charge in [0, 0.05) is 6.04 Å². The molecule has 0 saturated heterocycles. The van der Waals surface area contributed by atoms with Crippen molar-refractivity contribution in [3.8, 4) is 11.5 Å². The van der Waals surface area contributed by atoms with Crippen LogP contribution in [0.25, 0.3) is 0 Å². The molecule has 0 saturated carbocycles. The number of phenols is 1. The second-order valence-corrected chi connectivity index (χ2v) is 7.00. The second-order valence-electron chi connectivity index (χ2n) is 5.70. The van der Waals surface area contributed by atoms with E-state index in [1.54, 1.807) is 16.8 Å². The van der Waals surface area contributed by atoms with Gasteiger partial charge < -0.3 is 9.84 Å². The molecule has 0 aliphatic carbocycles. The molecule has 23 heavy (non-hydrogen) atoms. The molecule has 3 rings (SSSR count). The SMILES string of the molecule is COc1ccc(C2SC(C)=Nc3c2c(=O)[nH]n3C(C)C)cc1O. The van der Waals surface area contributed by atoms with Crippen molar-refractivity contribution in [2.24, 2.45) is 4.99 Å². The van der Waals surface area contributed by atoms with Crippen LogP contribution in [0.5, 0.6) is 11.5 Å². The van der Waals surface area contributed by atoms with Gasteiger partial charge in [0.25, 0.3) is 5.56 Å². The van der Waals surface area contributed by atoms with Crippen molar-refractivity contribution in [1.29, 1.82) is 0 Å². The van der Waals surface area contributed by atoms with Crippen LogP contribution in [-0.2, 0) is 0 Å². The summed E-state index contributed by atoms with van der Waals surface area (Å²) in [5, 5.41) is 13.6. The number of aromatic amines is 1. The maximum Gasteiger partial charge on any atom is 0.271 e. The van der Waals surface area contributed by atoms with Crippen molar-refractivity contribution in [2.45, 2.75) is 32.1 Å². The number of hydrogen-bond acceptors (Lipinski definition) is 5. The van der Waals surface area contributed by atoms with E-state index in [2.05, 4.69) is 10.1 Å².